The van der Waals surface area contributed by atoms with Crippen molar-refractivity contribution in [2.75, 3.05) is 0 Å². The molecule has 0 aliphatic carbocycles. The van der Waals surface area contributed by atoms with E-state index in [0.29, 0.717) is 20.5 Å². The van der Waals surface area contributed by atoms with Crippen molar-refractivity contribution in [1.29, 1.82) is 0 Å². The highest BCUT2D eigenvalue weighted by molar-refractivity contribution is 7.13. The second-order valence-corrected chi connectivity index (χ2v) is 5.14. The topological polar surface area (TPSA) is 17.1 Å². The second kappa shape index (κ2) is 4.76. The Hall–Kier alpha value is -0.540. The monoisotopic (exact) mass is 290 g/mol. The first-order chi connectivity index (χ1) is 7.61. The summed E-state index contributed by atoms with van der Waals surface area (Å²) in [6.07, 6.45) is 0. The molecule has 0 N–H and O–H groups in total. The van der Waals surface area contributed by atoms with Gasteiger partial charge in [-0.1, -0.05) is 40.9 Å². The second-order valence-electron chi connectivity index (χ2n) is 3.03. The predicted molar refractivity (Wildman–Crippen MR) is 69.2 cm³/mol. The fraction of sp³-hybridized carbons (Fsp3) is 0. The molecule has 16 heavy (non-hydrogen) atoms. The van der Waals surface area contributed by atoms with E-state index in [9.17, 15) is 4.79 Å². The van der Waals surface area contributed by atoms with Crippen LogP contribution in [-0.4, -0.2) is 5.78 Å². The molecule has 0 amide bonds. The van der Waals surface area contributed by atoms with Crippen LogP contribution in [0.4, 0.5) is 0 Å². The molecule has 0 spiro atoms. The molecule has 0 aliphatic rings. The minimum absolute atomic E-state index is 0.201. The molecule has 0 atom stereocenters. The lowest BCUT2D eigenvalue weighted by molar-refractivity contribution is 0.104. The van der Waals surface area contributed by atoms with Crippen molar-refractivity contribution >= 4 is 51.9 Å². The number of benzene rings is 1. The number of thiophene rings is 1. The lowest BCUT2D eigenvalue weighted by Gasteiger charge is -2.03. The molecule has 2 aromatic rings. The van der Waals surface area contributed by atoms with Crippen LogP contribution in [0.3, 0.4) is 0 Å². The van der Waals surface area contributed by atoms with E-state index in [4.69, 9.17) is 34.8 Å². The normalized spacial score (nSPS) is 10.4. The quantitative estimate of drug-likeness (QED) is 0.716. The summed E-state index contributed by atoms with van der Waals surface area (Å²) in [6.45, 7) is 0. The third-order valence-corrected chi connectivity index (χ3v) is 4.18. The van der Waals surface area contributed by atoms with E-state index < -0.39 is 0 Å². The van der Waals surface area contributed by atoms with Gasteiger partial charge in [-0.15, -0.1) is 11.3 Å². The van der Waals surface area contributed by atoms with E-state index in [1.165, 1.54) is 11.3 Å². The smallest absolute Gasteiger partial charge is 0.206 e. The van der Waals surface area contributed by atoms with Gasteiger partial charge in [-0.3, -0.25) is 4.79 Å². The van der Waals surface area contributed by atoms with Crippen molar-refractivity contribution < 1.29 is 4.79 Å². The summed E-state index contributed by atoms with van der Waals surface area (Å²) in [5.74, 6) is -0.201. The molecule has 0 fully saturated rings. The molecule has 0 radical (unpaired) electrons. The van der Waals surface area contributed by atoms with Gasteiger partial charge < -0.3 is 0 Å². The summed E-state index contributed by atoms with van der Waals surface area (Å²) in [6, 6.07) is 6.63. The molecule has 0 aliphatic heterocycles. The van der Waals surface area contributed by atoms with Crippen molar-refractivity contribution in [3.05, 3.63) is 55.2 Å². The van der Waals surface area contributed by atoms with Gasteiger partial charge in [0.1, 0.15) is 0 Å². The van der Waals surface area contributed by atoms with Gasteiger partial charge in [-0.25, -0.2) is 0 Å². The van der Waals surface area contributed by atoms with Crippen molar-refractivity contribution in [2.24, 2.45) is 0 Å². The molecule has 82 valence electrons. The standard InChI is InChI=1S/C11H5Cl3OS/c12-7-3-1-2-6(9(7)14)10(15)11-8(13)4-5-16-11/h1-5H. The predicted octanol–water partition coefficient (Wildman–Crippen LogP) is 4.94. The van der Waals surface area contributed by atoms with Gasteiger partial charge in [0.15, 0.2) is 0 Å². The number of ketones is 1. The van der Waals surface area contributed by atoms with E-state index in [1.54, 1.807) is 29.6 Å². The highest BCUT2D eigenvalue weighted by Gasteiger charge is 2.18. The lowest BCUT2D eigenvalue weighted by Crippen LogP contribution is -2.00. The fourth-order valence-corrected chi connectivity index (χ4v) is 2.74. The Balaban J connectivity index is 2.50. The first kappa shape index (κ1) is 11.9. The molecule has 1 aromatic heterocycles. The molecule has 5 heteroatoms. The SMILES string of the molecule is O=C(c1cccc(Cl)c1Cl)c1sccc1Cl. The van der Waals surface area contributed by atoms with Crippen molar-refractivity contribution in [3.63, 3.8) is 0 Å². The van der Waals surface area contributed by atoms with Gasteiger partial charge in [0.25, 0.3) is 0 Å². The van der Waals surface area contributed by atoms with Gasteiger partial charge in [-0.05, 0) is 23.6 Å². The fourth-order valence-electron chi connectivity index (χ4n) is 1.26. The summed E-state index contributed by atoms with van der Waals surface area (Å²) >= 11 is 19.0. The van der Waals surface area contributed by atoms with Gasteiger partial charge in [0, 0.05) is 5.56 Å². The maximum atomic E-state index is 12.1. The summed E-state index contributed by atoms with van der Waals surface area (Å²) in [7, 11) is 0. The highest BCUT2D eigenvalue weighted by atomic mass is 35.5. The highest BCUT2D eigenvalue weighted by Crippen LogP contribution is 2.31. The number of hydrogen-bond acceptors (Lipinski definition) is 2. The summed E-state index contributed by atoms with van der Waals surface area (Å²) in [5.41, 5.74) is 0.374. The van der Waals surface area contributed by atoms with Crippen LogP contribution >= 0.6 is 46.1 Å². The van der Waals surface area contributed by atoms with E-state index >= 15 is 0 Å². The molecular weight excluding hydrogens is 287 g/mol. The minimum Gasteiger partial charge on any atom is -0.288 e. The Morgan fingerprint density at radius 1 is 1.06 bits per heavy atom. The van der Waals surface area contributed by atoms with Gasteiger partial charge in [0.05, 0.1) is 19.9 Å². The first-order valence-electron chi connectivity index (χ1n) is 4.33. The van der Waals surface area contributed by atoms with Crippen LogP contribution in [-0.2, 0) is 0 Å². The molecular formula is C11H5Cl3OS. The van der Waals surface area contributed by atoms with Gasteiger partial charge >= 0.3 is 0 Å². The van der Waals surface area contributed by atoms with E-state index in [2.05, 4.69) is 0 Å². The van der Waals surface area contributed by atoms with E-state index in [1.807, 2.05) is 0 Å². The molecule has 0 bridgehead atoms. The Bertz CT molecular complexity index is 548. The summed E-state index contributed by atoms with van der Waals surface area (Å²) in [4.78, 5) is 12.6. The van der Waals surface area contributed by atoms with E-state index in [-0.39, 0.29) is 10.8 Å². The van der Waals surface area contributed by atoms with Crippen molar-refractivity contribution in [1.82, 2.24) is 0 Å². The average Bonchev–Trinajstić information content (AvgIpc) is 2.68. The zero-order chi connectivity index (χ0) is 11.7. The van der Waals surface area contributed by atoms with Crippen molar-refractivity contribution in [3.8, 4) is 0 Å². The number of halogens is 3. The Morgan fingerprint density at radius 3 is 2.44 bits per heavy atom. The van der Waals surface area contributed by atoms with Gasteiger partial charge in [0.2, 0.25) is 5.78 Å². The number of rotatable bonds is 2. The van der Waals surface area contributed by atoms with Crippen LogP contribution in [0, 0.1) is 0 Å². The average molecular weight is 292 g/mol. The van der Waals surface area contributed by atoms with Crippen LogP contribution in [0.5, 0.6) is 0 Å². The van der Waals surface area contributed by atoms with Crippen molar-refractivity contribution in [2.45, 2.75) is 0 Å². The Labute approximate surface area is 112 Å². The van der Waals surface area contributed by atoms with Gasteiger partial charge in [-0.2, -0.15) is 0 Å². The largest absolute Gasteiger partial charge is 0.288 e. The summed E-state index contributed by atoms with van der Waals surface area (Å²) < 4.78 is 0. The van der Waals surface area contributed by atoms with Crippen LogP contribution < -0.4 is 0 Å². The Morgan fingerprint density at radius 2 is 1.81 bits per heavy atom. The third-order valence-electron chi connectivity index (χ3n) is 2.02. The molecule has 1 heterocycles. The molecule has 1 aromatic carbocycles. The molecule has 1 nitrogen and oxygen atoms in total. The first-order valence-corrected chi connectivity index (χ1v) is 6.34. The van der Waals surface area contributed by atoms with E-state index in [0.717, 1.165) is 0 Å². The number of carbonyl (C=O) groups is 1. The Kier molecular flexibility index (Phi) is 3.55. The molecule has 0 unspecified atom stereocenters. The zero-order valence-corrected chi connectivity index (χ0v) is 10.9. The summed E-state index contributed by atoms with van der Waals surface area (Å²) in [5, 5.41) is 2.82. The maximum absolute atomic E-state index is 12.1. The number of carbonyl (C=O) groups excluding carboxylic acids is 1. The number of hydrogen-bond donors (Lipinski definition) is 0. The third kappa shape index (κ3) is 2.11. The molecule has 2 rings (SSSR count). The zero-order valence-electron chi connectivity index (χ0n) is 7.84. The van der Waals surface area contributed by atoms with Crippen LogP contribution in [0.1, 0.15) is 15.2 Å². The van der Waals surface area contributed by atoms with Crippen LogP contribution in [0.15, 0.2) is 29.6 Å². The maximum Gasteiger partial charge on any atom is 0.206 e. The molecule has 0 saturated carbocycles. The van der Waals surface area contributed by atoms with Crippen LogP contribution in [0.2, 0.25) is 15.1 Å². The molecule has 0 saturated heterocycles. The lowest BCUT2D eigenvalue weighted by atomic mass is 10.1. The van der Waals surface area contributed by atoms with Crippen LogP contribution in [0.25, 0.3) is 0 Å². The minimum atomic E-state index is -0.201.